The largest absolute Gasteiger partial charge is 0.386 e. The Morgan fingerprint density at radius 1 is 1.40 bits per heavy atom. The summed E-state index contributed by atoms with van der Waals surface area (Å²) in [6, 6.07) is -0.641. The summed E-state index contributed by atoms with van der Waals surface area (Å²) in [7, 11) is -3.93. The van der Waals surface area contributed by atoms with Crippen molar-refractivity contribution in [2.75, 3.05) is 0 Å². The highest BCUT2D eigenvalue weighted by molar-refractivity contribution is 8.04. The van der Waals surface area contributed by atoms with Crippen molar-refractivity contribution >= 4 is 15.1 Å². The number of allylic oxidation sites excluding steroid dienone is 2. The summed E-state index contributed by atoms with van der Waals surface area (Å²) < 4.78 is 22.1. The minimum Gasteiger partial charge on any atom is -0.386 e. The van der Waals surface area contributed by atoms with Gasteiger partial charge in [0.15, 0.2) is 0 Å². The second kappa shape index (κ2) is 4.67. The molecule has 0 spiro atoms. The number of nitrogens with one attached hydrogen (secondary N) is 1. The topological polar surface area (TPSA) is 99.0 Å². The standard InChI is InChI=1S/C8H12N2O4S/c1-6(15(13,14)10-12)9-7-4-2-3-5-8(7)11/h2-5,7-8,10-12H,1H3/b9-6+. The maximum absolute atomic E-state index is 11.1. The van der Waals surface area contributed by atoms with Crippen molar-refractivity contribution in [3.63, 3.8) is 0 Å². The number of aliphatic hydroxyl groups is 1. The number of nitrogens with zero attached hydrogens (tertiary/aromatic N) is 1. The van der Waals surface area contributed by atoms with Crippen LogP contribution in [0.4, 0.5) is 0 Å². The van der Waals surface area contributed by atoms with E-state index in [1.54, 1.807) is 18.2 Å². The Hall–Kier alpha value is -1.02. The molecule has 0 aliphatic heterocycles. The van der Waals surface area contributed by atoms with Crippen LogP contribution in [0.3, 0.4) is 0 Å². The molecule has 0 saturated heterocycles. The normalized spacial score (nSPS) is 27.0. The van der Waals surface area contributed by atoms with Crippen molar-refractivity contribution in [1.29, 1.82) is 0 Å². The van der Waals surface area contributed by atoms with Gasteiger partial charge in [-0.25, -0.2) is 8.42 Å². The fraction of sp³-hybridized carbons (Fsp3) is 0.375. The minimum absolute atomic E-state index is 0.283. The summed E-state index contributed by atoms with van der Waals surface area (Å²) >= 11 is 0. The van der Waals surface area contributed by atoms with Crippen LogP contribution in [-0.2, 0) is 10.0 Å². The van der Waals surface area contributed by atoms with Gasteiger partial charge in [-0.3, -0.25) is 4.99 Å². The summed E-state index contributed by atoms with van der Waals surface area (Å²) in [5, 5.41) is 17.5. The van der Waals surface area contributed by atoms with Gasteiger partial charge in [-0.15, -0.1) is 0 Å². The average molecular weight is 232 g/mol. The maximum atomic E-state index is 11.1. The molecule has 1 aliphatic rings. The molecule has 0 bridgehead atoms. The minimum atomic E-state index is -3.93. The Bertz CT molecular complexity index is 410. The lowest BCUT2D eigenvalue weighted by Gasteiger charge is -2.15. The first-order valence-corrected chi connectivity index (χ1v) is 5.69. The second-order valence-corrected chi connectivity index (χ2v) is 4.77. The summed E-state index contributed by atoms with van der Waals surface area (Å²) in [4.78, 5) is 4.94. The monoisotopic (exact) mass is 232 g/mol. The maximum Gasteiger partial charge on any atom is 0.274 e. The number of aliphatic hydroxyl groups excluding tert-OH is 1. The Labute approximate surface area is 87.7 Å². The number of sulfonamides is 1. The van der Waals surface area contributed by atoms with Crippen LogP contribution in [0.2, 0.25) is 0 Å². The smallest absolute Gasteiger partial charge is 0.274 e. The van der Waals surface area contributed by atoms with Gasteiger partial charge in [0.25, 0.3) is 10.0 Å². The molecule has 0 amide bonds. The molecule has 0 aromatic rings. The van der Waals surface area contributed by atoms with Gasteiger partial charge < -0.3 is 10.3 Å². The molecule has 7 heteroatoms. The van der Waals surface area contributed by atoms with E-state index in [-0.39, 0.29) is 5.04 Å². The third kappa shape index (κ3) is 2.96. The molecule has 2 atom stereocenters. The van der Waals surface area contributed by atoms with E-state index in [9.17, 15) is 13.5 Å². The van der Waals surface area contributed by atoms with Crippen molar-refractivity contribution in [1.82, 2.24) is 4.89 Å². The lowest BCUT2D eigenvalue weighted by Crippen LogP contribution is -2.30. The number of hydrogen-bond acceptors (Lipinski definition) is 5. The van der Waals surface area contributed by atoms with Crippen LogP contribution < -0.4 is 4.89 Å². The average Bonchev–Trinajstić information content (AvgIpc) is 2.21. The van der Waals surface area contributed by atoms with Gasteiger partial charge in [0, 0.05) is 0 Å². The molecule has 84 valence electrons. The highest BCUT2D eigenvalue weighted by Gasteiger charge is 2.19. The van der Waals surface area contributed by atoms with Crippen molar-refractivity contribution in [2.45, 2.75) is 19.1 Å². The lowest BCUT2D eigenvalue weighted by atomic mass is 10.1. The van der Waals surface area contributed by atoms with Crippen molar-refractivity contribution in [3.05, 3.63) is 24.3 Å². The zero-order valence-electron chi connectivity index (χ0n) is 8.03. The van der Waals surface area contributed by atoms with E-state index < -0.39 is 22.2 Å². The number of hydrogen-bond donors (Lipinski definition) is 3. The second-order valence-electron chi connectivity index (χ2n) is 2.99. The predicted octanol–water partition coefficient (Wildman–Crippen LogP) is -0.431. The summed E-state index contributed by atoms with van der Waals surface area (Å²) in [5.41, 5.74) is 0. The van der Waals surface area contributed by atoms with Gasteiger partial charge in [0.05, 0.1) is 12.1 Å². The molecule has 0 aromatic heterocycles. The number of rotatable bonds is 2. The van der Waals surface area contributed by atoms with E-state index >= 15 is 0 Å². The Morgan fingerprint density at radius 3 is 2.53 bits per heavy atom. The van der Waals surface area contributed by atoms with Gasteiger partial charge in [-0.1, -0.05) is 29.2 Å². The van der Waals surface area contributed by atoms with Crippen molar-refractivity contribution in [2.24, 2.45) is 4.99 Å². The quantitative estimate of drug-likeness (QED) is 0.342. The van der Waals surface area contributed by atoms with Crippen LogP contribution in [0, 0.1) is 0 Å². The predicted molar refractivity (Wildman–Crippen MR) is 55.0 cm³/mol. The molecule has 0 saturated carbocycles. The highest BCUT2D eigenvalue weighted by atomic mass is 32.2. The molecule has 0 aromatic carbocycles. The van der Waals surface area contributed by atoms with Crippen LogP contribution >= 0.6 is 0 Å². The molecule has 6 nitrogen and oxygen atoms in total. The molecule has 0 heterocycles. The summed E-state index contributed by atoms with van der Waals surface area (Å²) in [6.07, 6.45) is 5.53. The SMILES string of the molecule is C/C(=N\C1C=CC=CC1O)S(=O)(=O)NO. The zero-order chi connectivity index (χ0) is 11.5. The molecule has 3 N–H and O–H groups in total. The highest BCUT2D eigenvalue weighted by Crippen LogP contribution is 2.09. The zero-order valence-corrected chi connectivity index (χ0v) is 8.85. The molecule has 15 heavy (non-hydrogen) atoms. The number of aliphatic imine (C=N–C) groups is 1. The first-order chi connectivity index (χ1) is 6.97. The summed E-state index contributed by atoms with van der Waals surface area (Å²) in [6.45, 7) is 1.23. The fourth-order valence-electron chi connectivity index (χ4n) is 1.05. The van der Waals surface area contributed by atoms with Crippen LogP contribution in [-0.4, -0.2) is 35.9 Å². The van der Waals surface area contributed by atoms with E-state index in [2.05, 4.69) is 4.99 Å². The Kier molecular flexibility index (Phi) is 3.75. The van der Waals surface area contributed by atoms with E-state index in [1.807, 2.05) is 0 Å². The Balaban J connectivity index is 2.89. The van der Waals surface area contributed by atoms with E-state index in [0.717, 1.165) is 4.89 Å². The van der Waals surface area contributed by atoms with Crippen molar-refractivity contribution in [3.8, 4) is 0 Å². The lowest BCUT2D eigenvalue weighted by molar-refractivity contribution is 0.208. The molecule has 0 fully saturated rings. The van der Waals surface area contributed by atoms with Crippen LogP contribution in [0.5, 0.6) is 0 Å². The molecule has 1 rings (SSSR count). The summed E-state index contributed by atoms with van der Waals surface area (Å²) in [5.74, 6) is 0. The van der Waals surface area contributed by atoms with Gasteiger partial charge in [0.2, 0.25) is 0 Å². The van der Waals surface area contributed by atoms with E-state index in [4.69, 9.17) is 5.21 Å². The molecule has 2 unspecified atom stereocenters. The van der Waals surface area contributed by atoms with Crippen LogP contribution in [0.25, 0.3) is 0 Å². The first kappa shape index (κ1) is 12.1. The van der Waals surface area contributed by atoms with E-state index in [1.165, 1.54) is 13.0 Å². The van der Waals surface area contributed by atoms with Gasteiger partial charge >= 0.3 is 0 Å². The third-order valence-corrected chi connectivity index (χ3v) is 3.04. The first-order valence-electron chi connectivity index (χ1n) is 4.21. The van der Waals surface area contributed by atoms with Crippen LogP contribution in [0.15, 0.2) is 29.3 Å². The van der Waals surface area contributed by atoms with Gasteiger partial charge in [0.1, 0.15) is 5.04 Å². The molecular formula is C8H12N2O4S. The van der Waals surface area contributed by atoms with Gasteiger partial charge in [-0.05, 0) is 6.92 Å². The third-order valence-electron chi connectivity index (χ3n) is 1.92. The van der Waals surface area contributed by atoms with Gasteiger partial charge in [-0.2, -0.15) is 0 Å². The molecular weight excluding hydrogens is 220 g/mol. The van der Waals surface area contributed by atoms with Crippen LogP contribution in [0.1, 0.15) is 6.92 Å². The molecule has 1 aliphatic carbocycles. The Morgan fingerprint density at radius 2 is 2.00 bits per heavy atom. The van der Waals surface area contributed by atoms with Crippen molar-refractivity contribution < 1.29 is 18.7 Å². The molecule has 0 radical (unpaired) electrons. The fourth-order valence-corrected chi connectivity index (χ4v) is 1.44. The van der Waals surface area contributed by atoms with E-state index in [0.29, 0.717) is 0 Å².